The quantitative estimate of drug-likeness (QED) is 0.310. The van der Waals surface area contributed by atoms with Crippen LogP contribution in [0.15, 0.2) is 42.5 Å². The summed E-state index contributed by atoms with van der Waals surface area (Å²) in [6.07, 6.45) is -4.62. The highest BCUT2D eigenvalue weighted by atomic mass is 35.5. The van der Waals surface area contributed by atoms with Crippen molar-refractivity contribution in [3.63, 3.8) is 0 Å². The molecule has 33 heavy (non-hydrogen) atoms. The van der Waals surface area contributed by atoms with Crippen LogP contribution in [0.4, 0.5) is 0 Å². The molecule has 0 saturated carbocycles. The SMILES string of the molecule is CS(=O)(=O)NCCOc1ccc(Cc2cc([C@@H]3O[C@H](CO)[C@@H](O)C(O)[C@H]3O)ccc2Cl)cc1. The second kappa shape index (κ2) is 11.1. The summed E-state index contributed by atoms with van der Waals surface area (Å²) in [7, 11) is -3.26. The van der Waals surface area contributed by atoms with Crippen LogP contribution in [0.2, 0.25) is 5.02 Å². The van der Waals surface area contributed by atoms with Gasteiger partial charge < -0.3 is 29.9 Å². The molecule has 1 heterocycles. The number of hydrogen-bond donors (Lipinski definition) is 5. The van der Waals surface area contributed by atoms with Crippen molar-refractivity contribution in [3.8, 4) is 5.75 Å². The lowest BCUT2D eigenvalue weighted by Crippen LogP contribution is -2.55. The first-order valence-electron chi connectivity index (χ1n) is 10.3. The van der Waals surface area contributed by atoms with Gasteiger partial charge in [0.25, 0.3) is 0 Å². The third-order valence-electron chi connectivity index (χ3n) is 5.34. The smallest absolute Gasteiger partial charge is 0.208 e. The summed E-state index contributed by atoms with van der Waals surface area (Å²) in [5.74, 6) is 0.593. The number of nitrogens with one attached hydrogen (secondary N) is 1. The zero-order chi connectivity index (χ0) is 24.2. The Labute approximate surface area is 197 Å². The summed E-state index contributed by atoms with van der Waals surface area (Å²) in [4.78, 5) is 0. The molecule has 9 nitrogen and oxygen atoms in total. The van der Waals surface area contributed by atoms with Gasteiger partial charge in [-0.3, -0.25) is 0 Å². The van der Waals surface area contributed by atoms with E-state index in [1.165, 1.54) is 0 Å². The van der Waals surface area contributed by atoms with Crippen LogP contribution < -0.4 is 9.46 Å². The molecule has 2 aromatic rings. The van der Waals surface area contributed by atoms with Crippen LogP contribution in [0.5, 0.6) is 5.75 Å². The molecule has 11 heteroatoms. The largest absolute Gasteiger partial charge is 0.492 e. The van der Waals surface area contributed by atoms with Gasteiger partial charge in [0.05, 0.1) is 12.9 Å². The molecule has 5 atom stereocenters. The Morgan fingerprint density at radius 2 is 1.76 bits per heavy atom. The van der Waals surface area contributed by atoms with Gasteiger partial charge in [0.15, 0.2) is 0 Å². The predicted molar refractivity (Wildman–Crippen MR) is 122 cm³/mol. The Kier molecular flexibility index (Phi) is 8.70. The molecule has 1 unspecified atom stereocenters. The van der Waals surface area contributed by atoms with E-state index in [9.17, 15) is 28.8 Å². The Hall–Kier alpha value is -1.76. The average Bonchev–Trinajstić information content (AvgIpc) is 2.77. The van der Waals surface area contributed by atoms with E-state index in [0.29, 0.717) is 22.8 Å². The first-order chi connectivity index (χ1) is 15.6. The molecule has 1 aliphatic heterocycles. The van der Waals surface area contributed by atoms with Crippen molar-refractivity contribution in [2.24, 2.45) is 0 Å². The number of sulfonamides is 1. The van der Waals surface area contributed by atoms with Gasteiger partial charge in [-0.05, 0) is 41.3 Å². The van der Waals surface area contributed by atoms with Gasteiger partial charge in [-0.15, -0.1) is 0 Å². The second-order valence-corrected chi connectivity index (χ2v) is 10.2. The molecule has 0 spiro atoms. The minimum absolute atomic E-state index is 0.168. The van der Waals surface area contributed by atoms with Crippen LogP contribution in [0.3, 0.4) is 0 Å². The number of aliphatic hydroxyl groups is 4. The molecular formula is C22H28ClNO8S. The highest BCUT2D eigenvalue weighted by molar-refractivity contribution is 7.88. The fourth-order valence-corrected chi connectivity index (χ4v) is 4.24. The van der Waals surface area contributed by atoms with Crippen LogP contribution in [-0.4, -0.2) is 79.3 Å². The average molecular weight is 502 g/mol. The predicted octanol–water partition coefficient (Wildman–Crippen LogP) is 0.374. The summed E-state index contributed by atoms with van der Waals surface area (Å²) in [6.45, 7) is -0.138. The normalized spacial score (nSPS) is 25.7. The molecule has 0 aromatic heterocycles. The van der Waals surface area contributed by atoms with Gasteiger partial charge in [0, 0.05) is 11.6 Å². The molecule has 0 aliphatic carbocycles. The fourth-order valence-electron chi connectivity index (χ4n) is 3.60. The molecule has 1 fully saturated rings. The minimum atomic E-state index is -3.26. The van der Waals surface area contributed by atoms with Gasteiger partial charge in [-0.1, -0.05) is 35.9 Å². The number of rotatable bonds is 9. The molecule has 0 radical (unpaired) electrons. The highest BCUT2D eigenvalue weighted by Gasteiger charge is 2.44. The van der Waals surface area contributed by atoms with E-state index in [1.54, 1.807) is 30.3 Å². The molecular weight excluding hydrogens is 474 g/mol. The number of hydrogen-bond acceptors (Lipinski definition) is 8. The third kappa shape index (κ3) is 6.87. The zero-order valence-corrected chi connectivity index (χ0v) is 19.5. The van der Waals surface area contributed by atoms with Gasteiger partial charge in [-0.25, -0.2) is 13.1 Å². The molecule has 2 aromatic carbocycles. The van der Waals surface area contributed by atoms with Crippen molar-refractivity contribution in [1.29, 1.82) is 0 Å². The first kappa shape index (κ1) is 25.9. The maximum Gasteiger partial charge on any atom is 0.208 e. The lowest BCUT2D eigenvalue weighted by molar-refractivity contribution is -0.231. The number of benzene rings is 2. The van der Waals surface area contributed by atoms with Gasteiger partial charge in [-0.2, -0.15) is 0 Å². The van der Waals surface area contributed by atoms with Gasteiger partial charge in [0.2, 0.25) is 10.0 Å². The molecule has 5 N–H and O–H groups in total. The van der Waals surface area contributed by atoms with Crippen molar-refractivity contribution in [2.45, 2.75) is 36.9 Å². The number of halogens is 1. The second-order valence-electron chi connectivity index (χ2n) is 7.94. The Morgan fingerprint density at radius 3 is 2.39 bits per heavy atom. The Balaban J connectivity index is 1.67. The lowest BCUT2D eigenvalue weighted by Gasteiger charge is -2.40. The lowest BCUT2D eigenvalue weighted by atomic mass is 9.90. The molecule has 0 bridgehead atoms. The van der Waals surface area contributed by atoms with Crippen molar-refractivity contribution < 1.29 is 38.3 Å². The van der Waals surface area contributed by atoms with E-state index < -0.39 is 47.2 Å². The Bertz CT molecular complexity index is 1030. The van der Waals surface area contributed by atoms with Crippen LogP contribution in [0.25, 0.3) is 0 Å². The van der Waals surface area contributed by atoms with Crippen molar-refractivity contribution in [2.75, 3.05) is 26.0 Å². The summed E-state index contributed by atoms with van der Waals surface area (Å²) in [5, 5.41) is 40.4. The van der Waals surface area contributed by atoms with E-state index in [1.807, 2.05) is 12.1 Å². The van der Waals surface area contributed by atoms with Crippen molar-refractivity contribution >= 4 is 21.6 Å². The van der Waals surface area contributed by atoms with E-state index >= 15 is 0 Å². The van der Waals surface area contributed by atoms with E-state index in [2.05, 4.69) is 4.72 Å². The number of aliphatic hydroxyl groups excluding tert-OH is 4. The minimum Gasteiger partial charge on any atom is -0.492 e. The van der Waals surface area contributed by atoms with Crippen molar-refractivity contribution in [3.05, 3.63) is 64.2 Å². The van der Waals surface area contributed by atoms with E-state index in [0.717, 1.165) is 17.4 Å². The van der Waals surface area contributed by atoms with Crippen LogP contribution in [0, 0.1) is 0 Å². The molecule has 3 rings (SSSR count). The van der Waals surface area contributed by atoms with Crippen LogP contribution >= 0.6 is 11.6 Å². The fraction of sp³-hybridized carbons (Fsp3) is 0.455. The topological polar surface area (TPSA) is 146 Å². The summed E-state index contributed by atoms with van der Waals surface area (Å²) in [6, 6.07) is 12.3. The first-order valence-corrected chi connectivity index (χ1v) is 12.6. The molecule has 0 amide bonds. The third-order valence-corrected chi connectivity index (χ3v) is 6.44. The van der Waals surface area contributed by atoms with Crippen LogP contribution in [-0.2, 0) is 21.2 Å². The maximum atomic E-state index is 11.1. The summed E-state index contributed by atoms with van der Waals surface area (Å²) in [5.41, 5.74) is 2.26. The van der Waals surface area contributed by atoms with Gasteiger partial charge in [0.1, 0.15) is 42.9 Å². The molecule has 1 saturated heterocycles. The number of ether oxygens (including phenoxy) is 2. The van der Waals surface area contributed by atoms with E-state index in [4.69, 9.17) is 21.1 Å². The van der Waals surface area contributed by atoms with Crippen molar-refractivity contribution in [1.82, 2.24) is 4.72 Å². The highest BCUT2D eigenvalue weighted by Crippen LogP contribution is 2.34. The standard InChI is InChI=1S/C22H28ClNO8S/c1-33(29,30)24-8-9-31-16-5-2-13(3-6-16)10-15-11-14(4-7-17(15)23)22-21(28)20(27)19(26)18(12-25)32-22/h2-7,11,18-22,24-28H,8-10,12H2,1H3/t18-,19-,20?,21-,22+/m1/s1. The maximum absolute atomic E-state index is 11.1. The summed E-state index contributed by atoms with van der Waals surface area (Å²) < 4.78 is 35.6. The van der Waals surface area contributed by atoms with Gasteiger partial charge >= 0.3 is 0 Å². The monoisotopic (exact) mass is 501 g/mol. The zero-order valence-electron chi connectivity index (χ0n) is 18.0. The molecule has 182 valence electrons. The van der Waals surface area contributed by atoms with E-state index in [-0.39, 0.29) is 13.2 Å². The van der Waals surface area contributed by atoms with Crippen LogP contribution in [0.1, 0.15) is 22.8 Å². The summed E-state index contributed by atoms with van der Waals surface area (Å²) >= 11 is 6.37. The molecule has 1 aliphatic rings. The Morgan fingerprint density at radius 1 is 1.06 bits per heavy atom.